The molecule has 8 heteroatoms. The van der Waals surface area contributed by atoms with Gasteiger partial charge in [0.25, 0.3) is 5.91 Å². The minimum Gasteiger partial charge on any atom is -0.497 e. The van der Waals surface area contributed by atoms with Crippen LogP contribution in [0.3, 0.4) is 0 Å². The molecular weight excluding hydrogens is 352 g/mol. The number of rotatable bonds is 5. The fourth-order valence-corrected chi connectivity index (χ4v) is 2.98. The zero-order valence-corrected chi connectivity index (χ0v) is 16.2. The van der Waals surface area contributed by atoms with Gasteiger partial charge in [0.05, 0.1) is 7.11 Å². The van der Waals surface area contributed by atoms with Gasteiger partial charge in [0.1, 0.15) is 23.4 Å². The summed E-state index contributed by atoms with van der Waals surface area (Å²) < 4.78 is 10.4. The van der Waals surface area contributed by atoms with Crippen molar-refractivity contribution >= 4 is 23.7 Å². The summed E-state index contributed by atoms with van der Waals surface area (Å²) >= 11 is 0. The highest BCUT2D eigenvalue weighted by molar-refractivity contribution is 6.05. The highest BCUT2D eigenvalue weighted by Crippen LogP contribution is 2.35. The van der Waals surface area contributed by atoms with Crippen molar-refractivity contribution in [3.05, 3.63) is 23.8 Å². The molecule has 2 amide bonds. The maximum atomic E-state index is 13.1. The number of alkyl carbamates (subject to hydrolysis) is 1. The first-order valence-electron chi connectivity index (χ1n) is 8.79. The molecule has 1 aliphatic heterocycles. The maximum Gasteiger partial charge on any atom is 0.408 e. The average Bonchev–Trinajstić information content (AvgIpc) is 2.96. The van der Waals surface area contributed by atoms with Crippen LogP contribution in [0.1, 0.15) is 39.7 Å². The number of nitrogens with zero attached hydrogens (tertiary/aromatic N) is 1. The Morgan fingerprint density at radius 1 is 1.33 bits per heavy atom. The van der Waals surface area contributed by atoms with E-state index in [-0.39, 0.29) is 6.42 Å². The van der Waals surface area contributed by atoms with Gasteiger partial charge in [0.2, 0.25) is 0 Å². The van der Waals surface area contributed by atoms with Crippen LogP contribution in [0.15, 0.2) is 18.2 Å². The van der Waals surface area contributed by atoms with Crippen molar-refractivity contribution in [1.82, 2.24) is 5.32 Å². The number of carboxylic acids is 1. The summed E-state index contributed by atoms with van der Waals surface area (Å²) in [6, 6.07) is 3.13. The molecule has 0 spiro atoms. The molecule has 0 aliphatic carbocycles. The molecule has 1 aromatic rings. The molecule has 8 nitrogen and oxygen atoms in total. The molecule has 0 aromatic heterocycles. The summed E-state index contributed by atoms with van der Waals surface area (Å²) in [5.41, 5.74) is 0.520. The largest absolute Gasteiger partial charge is 0.497 e. The van der Waals surface area contributed by atoms with Gasteiger partial charge in [-0.25, -0.2) is 9.59 Å². The molecule has 2 rings (SSSR count). The van der Waals surface area contributed by atoms with Gasteiger partial charge >= 0.3 is 12.1 Å². The molecular formula is C19H26N2O6. The zero-order valence-electron chi connectivity index (χ0n) is 16.2. The Labute approximate surface area is 158 Å². The quantitative estimate of drug-likeness (QED) is 0.815. The zero-order chi connectivity index (χ0) is 20.4. The van der Waals surface area contributed by atoms with Crippen LogP contribution in [-0.2, 0) is 20.7 Å². The van der Waals surface area contributed by atoms with Crippen LogP contribution < -0.4 is 15.0 Å². The number of ether oxygens (including phenoxy) is 2. The van der Waals surface area contributed by atoms with Crippen LogP contribution >= 0.6 is 0 Å². The lowest BCUT2D eigenvalue weighted by Crippen LogP contribution is -2.53. The van der Waals surface area contributed by atoms with E-state index in [4.69, 9.17) is 9.47 Å². The molecule has 2 atom stereocenters. The van der Waals surface area contributed by atoms with Crippen molar-refractivity contribution in [3.8, 4) is 5.75 Å². The van der Waals surface area contributed by atoms with Gasteiger partial charge in [-0.05, 0) is 51.0 Å². The normalized spacial score (nSPS) is 17.1. The molecule has 0 radical (unpaired) electrons. The minimum absolute atomic E-state index is 0.177. The van der Waals surface area contributed by atoms with Crippen molar-refractivity contribution in [2.75, 3.05) is 12.0 Å². The van der Waals surface area contributed by atoms with Gasteiger partial charge in [0, 0.05) is 12.1 Å². The Bertz CT molecular complexity index is 740. The van der Waals surface area contributed by atoms with E-state index in [1.54, 1.807) is 45.9 Å². The summed E-state index contributed by atoms with van der Waals surface area (Å²) in [4.78, 5) is 38.1. The molecule has 0 fully saturated rings. The van der Waals surface area contributed by atoms with Crippen molar-refractivity contribution in [3.63, 3.8) is 0 Å². The molecule has 1 aliphatic rings. The monoisotopic (exact) mass is 378 g/mol. The molecule has 0 bridgehead atoms. The third kappa shape index (κ3) is 4.69. The SMILES string of the molecule is CC[C@H](NC(=O)OC(C)(C)C)C(=O)N1c2ccc(OC)cc2C[C@@H]1C(=O)O. The second-order valence-electron chi connectivity index (χ2n) is 7.37. The number of carbonyl (C=O) groups excluding carboxylic acids is 2. The first kappa shape index (κ1) is 20.5. The Morgan fingerprint density at radius 2 is 2.00 bits per heavy atom. The van der Waals surface area contributed by atoms with Gasteiger partial charge in [-0.1, -0.05) is 6.92 Å². The Morgan fingerprint density at radius 3 is 2.52 bits per heavy atom. The van der Waals surface area contributed by atoms with Crippen LogP contribution in [0, 0.1) is 0 Å². The van der Waals surface area contributed by atoms with Crippen LogP contribution in [0.25, 0.3) is 0 Å². The summed E-state index contributed by atoms with van der Waals surface area (Å²) in [6.07, 6.45) is -0.244. The molecule has 0 unspecified atom stereocenters. The van der Waals surface area contributed by atoms with Crippen LogP contribution in [-0.4, -0.2) is 47.9 Å². The Hall–Kier alpha value is -2.77. The Kier molecular flexibility index (Phi) is 5.98. The van der Waals surface area contributed by atoms with E-state index in [2.05, 4.69) is 5.32 Å². The number of anilines is 1. The molecule has 1 aromatic carbocycles. The van der Waals surface area contributed by atoms with Crippen LogP contribution in [0.5, 0.6) is 5.75 Å². The van der Waals surface area contributed by atoms with E-state index >= 15 is 0 Å². The number of hydrogen-bond donors (Lipinski definition) is 2. The van der Waals surface area contributed by atoms with E-state index in [1.165, 1.54) is 12.0 Å². The summed E-state index contributed by atoms with van der Waals surface area (Å²) in [5, 5.41) is 12.1. The lowest BCUT2D eigenvalue weighted by molar-refractivity contribution is -0.140. The second-order valence-corrected chi connectivity index (χ2v) is 7.37. The molecule has 1 heterocycles. The molecule has 2 N–H and O–H groups in total. The number of hydrogen-bond acceptors (Lipinski definition) is 5. The smallest absolute Gasteiger partial charge is 0.408 e. The highest BCUT2D eigenvalue weighted by atomic mass is 16.6. The molecule has 0 saturated heterocycles. The second kappa shape index (κ2) is 7.85. The number of nitrogens with one attached hydrogen (secondary N) is 1. The van der Waals surface area contributed by atoms with Gasteiger partial charge < -0.3 is 19.9 Å². The van der Waals surface area contributed by atoms with Crippen molar-refractivity contribution < 1.29 is 29.0 Å². The van der Waals surface area contributed by atoms with Gasteiger partial charge in [-0.2, -0.15) is 0 Å². The van der Waals surface area contributed by atoms with Crippen molar-refractivity contribution in [2.24, 2.45) is 0 Å². The lowest BCUT2D eigenvalue weighted by Gasteiger charge is -2.28. The third-order valence-electron chi connectivity index (χ3n) is 4.19. The summed E-state index contributed by atoms with van der Waals surface area (Å²) in [7, 11) is 1.52. The number of benzene rings is 1. The maximum absolute atomic E-state index is 13.1. The van der Waals surface area contributed by atoms with E-state index in [0.717, 1.165) is 0 Å². The predicted octanol–water partition coefficient (Wildman–Crippen LogP) is 2.34. The van der Waals surface area contributed by atoms with Gasteiger partial charge in [-0.15, -0.1) is 0 Å². The van der Waals surface area contributed by atoms with Gasteiger partial charge in [0.15, 0.2) is 0 Å². The number of aliphatic carboxylic acids is 1. The molecule has 148 valence electrons. The van der Waals surface area contributed by atoms with Gasteiger partial charge in [-0.3, -0.25) is 9.69 Å². The topological polar surface area (TPSA) is 105 Å². The first-order chi connectivity index (χ1) is 12.6. The van der Waals surface area contributed by atoms with E-state index in [0.29, 0.717) is 23.4 Å². The number of methoxy groups -OCH3 is 1. The number of fused-ring (bicyclic) bond motifs is 1. The molecule has 0 saturated carbocycles. The third-order valence-corrected chi connectivity index (χ3v) is 4.19. The number of carbonyl (C=O) groups is 3. The predicted molar refractivity (Wildman–Crippen MR) is 99.1 cm³/mol. The molecule has 27 heavy (non-hydrogen) atoms. The van der Waals surface area contributed by atoms with Crippen LogP contribution in [0.2, 0.25) is 0 Å². The van der Waals surface area contributed by atoms with Crippen molar-refractivity contribution in [1.29, 1.82) is 0 Å². The standard InChI is InChI=1S/C19H26N2O6/c1-6-13(20-18(25)27-19(2,3)4)16(22)21-14-8-7-12(26-5)9-11(14)10-15(21)17(23)24/h7-9,13,15H,6,10H2,1-5H3,(H,20,25)(H,23,24)/t13-,15+/m0/s1. The van der Waals surface area contributed by atoms with E-state index in [9.17, 15) is 19.5 Å². The number of carboxylic acid groups (broad SMARTS) is 1. The first-order valence-corrected chi connectivity index (χ1v) is 8.79. The Balaban J connectivity index is 2.28. The highest BCUT2D eigenvalue weighted by Gasteiger charge is 2.41. The fourth-order valence-electron chi connectivity index (χ4n) is 2.98. The number of amides is 2. The van der Waals surface area contributed by atoms with Crippen molar-refractivity contribution in [2.45, 2.75) is 58.2 Å². The average molecular weight is 378 g/mol. The summed E-state index contributed by atoms with van der Waals surface area (Å²) in [6.45, 7) is 6.90. The summed E-state index contributed by atoms with van der Waals surface area (Å²) in [5.74, 6) is -1.00. The van der Waals surface area contributed by atoms with Crippen LogP contribution in [0.4, 0.5) is 10.5 Å². The van der Waals surface area contributed by atoms with E-state index in [1.807, 2.05) is 0 Å². The minimum atomic E-state index is -1.11. The fraction of sp³-hybridized carbons (Fsp3) is 0.526. The van der Waals surface area contributed by atoms with E-state index < -0.39 is 35.7 Å². The lowest BCUT2D eigenvalue weighted by atomic mass is 10.1.